The molecular weight excluding hydrogens is 186 g/mol. The van der Waals surface area contributed by atoms with E-state index in [1.54, 1.807) is 0 Å². The van der Waals surface area contributed by atoms with Gasteiger partial charge in [0.2, 0.25) is 10.0 Å². The van der Waals surface area contributed by atoms with E-state index in [2.05, 4.69) is 11.6 Å². The zero-order chi connectivity index (χ0) is 9.47. The number of sulfonamides is 1. The van der Waals surface area contributed by atoms with Crippen LogP contribution in [0, 0.1) is 0 Å². The van der Waals surface area contributed by atoms with Crippen LogP contribution in [0.25, 0.3) is 0 Å². The van der Waals surface area contributed by atoms with Gasteiger partial charge in [0.05, 0.1) is 11.4 Å². The van der Waals surface area contributed by atoms with Crippen molar-refractivity contribution in [2.24, 2.45) is 0 Å². The minimum Gasteiger partial charge on any atom is -0.283 e. The second-order valence-corrected chi connectivity index (χ2v) is 4.93. The van der Waals surface area contributed by atoms with Crippen LogP contribution in [0.3, 0.4) is 0 Å². The molecule has 3 nitrogen and oxygen atoms in total. The van der Waals surface area contributed by atoms with Gasteiger partial charge in [-0.15, -0.1) is 0 Å². The molecule has 0 unspecified atom stereocenters. The van der Waals surface area contributed by atoms with E-state index in [9.17, 15) is 8.42 Å². The molecule has 1 aliphatic rings. The van der Waals surface area contributed by atoms with Gasteiger partial charge in [0.1, 0.15) is 0 Å². The van der Waals surface area contributed by atoms with Gasteiger partial charge in [0, 0.05) is 0 Å². The second kappa shape index (κ2) is 2.73. The topological polar surface area (TPSA) is 46.2 Å². The Balaban J connectivity index is 2.47. The Morgan fingerprint density at radius 3 is 2.92 bits per heavy atom. The highest BCUT2D eigenvalue weighted by Crippen LogP contribution is 2.27. The smallest absolute Gasteiger partial charge is 0.237 e. The summed E-state index contributed by atoms with van der Waals surface area (Å²) in [4.78, 5) is 0. The molecule has 1 heterocycles. The monoisotopic (exact) mass is 197 g/mol. The summed E-state index contributed by atoms with van der Waals surface area (Å²) in [6.45, 7) is 2.05. The number of hydrogen-bond acceptors (Lipinski definition) is 2. The van der Waals surface area contributed by atoms with Crippen LogP contribution in [-0.2, 0) is 22.2 Å². The van der Waals surface area contributed by atoms with Gasteiger partial charge in [-0.05, 0) is 23.6 Å². The molecule has 1 aliphatic heterocycles. The quantitative estimate of drug-likeness (QED) is 0.741. The first-order valence-electron chi connectivity index (χ1n) is 4.23. The normalized spacial score (nSPS) is 17.9. The molecule has 0 aromatic heterocycles. The maximum atomic E-state index is 11.2. The third-order valence-corrected chi connectivity index (χ3v) is 3.41. The summed E-state index contributed by atoms with van der Waals surface area (Å²) in [6.07, 6.45) is 0.938. The number of benzene rings is 1. The van der Waals surface area contributed by atoms with E-state index >= 15 is 0 Å². The standard InChI is InChI=1S/C9H11NO2S/c1-2-7-3-4-9-8(5-7)6-13(11,12)10-9/h3-5,10H,2,6H2,1H3. The average Bonchev–Trinajstić information content (AvgIpc) is 2.36. The zero-order valence-corrected chi connectivity index (χ0v) is 8.19. The van der Waals surface area contributed by atoms with E-state index in [0.717, 1.165) is 17.7 Å². The largest absolute Gasteiger partial charge is 0.283 e. The Labute approximate surface area is 77.8 Å². The van der Waals surface area contributed by atoms with E-state index in [-0.39, 0.29) is 5.75 Å². The first kappa shape index (κ1) is 8.56. The van der Waals surface area contributed by atoms with Crippen molar-refractivity contribution in [2.45, 2.75) is 19.1 Å². The van der Waals surface area contributed by atoms with Gasteiger partial charge in [-0.25, -0.2) is 8.42 Å². The predicted molar refractivity (Wildman–Crippen MR) is 52.1 cm³/mol. The summed E-state index contributed by atoms with van der Waals surface area (Å²) in [6, 6.07) is 5.73. The summed E-state index contributed by atoms with van der Waals surface area (Å²) in [5.41, 5.74) is 2.80. The van der Waals surface area contributed by atoms with Crippen LogP contribution in [0.4, 0.5) is 5.69 Å². The third kappa shape index (κ3) is 1.54. The summed E-state index contributed by atoms with van der Waals surface area (Å²) in [5, 5.41) is 0. The summed E-state index contributed by atoms with van der Waals surface area (Å²) in [7, 11) is -3.08. The van der Waals surface area contributed by atoms with Crippen molar-refractivity contribution in [2.75, 3.05) is 4.72 Å². The lowest BCUT2D eigenvalue weighted by Gasteiger charge is -1.99. The molecule has 4 heteroatoms. The Morgan fingerprint density at radius 2 is 2.23 bits per heavy atom. The second-order valence-electron chi connectivity index (χ2n) is 3.21. The lowest BCUT2D eigenvalue weighted by atomic mass is 10.1. The lowest BCUT2D eigenvalue weighted by Crippen LogP contribution is -2.05. The number of rotatable bonds is 1. The maximum Gasteiger partial charge on any atom is 0.237 e. The average molecular weight is 197 g/mol. The fourth-order valence-corrected chi connectivity index (χ4v) is 2.75. The zero-order valence-electron chi connectivity index (χ0n) is 7.37. The third-order valence-electron chi connectivity index (χ3n) is 2.19. The molecule has 2 rings (SSSR count). The number of aryl methyl sites for hydroxylation is 1. The molecule has 1 N–H and O–H groups in total. The first-order chi connectivity index (χ1) is 6.11. The van der Waals surface area contributed by atoms with Gasteiger partial charge in [0.25, 0.3) is 0 Å². The Bertz CT molecular complexity index is 437. The number of hydrogen-bond donors (Lipinski definition) is 1. The fourth-order valence-electron chi connectivity index (χ4n) is 1.49. The first-order valence-corrected chi connectivity index (χ1v) is 5.88. The number of nitrogens with one attached hydrogen (secondary N) is 1. The van der Waals surface area contributed by atoms with Crippen molar-refractivity contribution >= 4 is 15.7 Å². The highest BCUT2D eigenvalue weighted by atomic mass is 32.2. The molecule has 0 saturated heterocycles. The highest BCUT2D eigenvalue weighted by Gasteiger charge is 2.22. The molecule has 0 amide bonds. The van der Waals surface area contributed by atoms with E-state index in [1.807, 2.05) is 18.2 Å². The molecule has 13 heavy (non-hydrogen) atoms. The fraction of sp³-hybridized carbons (Fsp3) is 0.333. The molecule has 0 aliphatic carbocycles. The van der Waals surface area contributed by atoms with Crippen LogP contribution in [0.5, 0.6) is 0 Å². The van der Waals surface area contributed by atoms with Gasteiger partial charge >= 0.3 is 0 Å². The van der Waals surface area contributed by atoms with Crippen LogP contribution in [-0.4, -0.2) is 8.42 Å². The van der Waals surface area contributed by atoms with Crippen molar-refractivity contribution in [1.82, 2.24) is 0 Å². The van der Waals surface area contributed by atoms with Crippen molar-refractivity contribution in [1.29, 1.82) is 0 Å². The molecule has 0 spiro atoms. The molecule has 70 valence electrons. The van der Waals surface area contributed by atoms with Crippen LogP contribution >= 0.6 is 0 Å². The van der Waals surface area contributed by atoms with Crippen LogP contribution in [0.2, 0.25) is 0 Å². The lowest BCUT2D eigenvalue weighted by molar-refractivity contribution is 0.602. The summed E-state index contributed by atoms with van der Waals surface area (Å²) >= 11 is 0. The number of anilines is 1. The molecule has 0 fully saturated rings. The molecule has 0 bridgehead atoms. The van der Waals surface area contributed by atoms with Crippen LogP contribution < -0.4 is 4.72 Å². The predicted octanol–water partition coefficient (Wildman–Crippen LogP) is 1.50. The molecule has 0 saturated carbocycles. The van der Waals surface area contributed by atoms with Crippen molar-refractivity contribution in [3.05, 3.63) is 29.3 Å². The maximum absolute atomic E-state index is 11.2. The SMILES string of the molecule is CCc1ccc2c(c1)CS(=O)(=O)N2. The van der Waals surface area contributed by atoms with Crippen molar-refractivity contribution in [3.63, 3.8) is 0 Å². The van der Waals surface area contributed by atoms with Crippen molar-refractivity contribution in [3.8, 4) is 0 Å². The Hall–Kier alpha value is -1.03. The van der Waals surface area contributed by atoms with E-state index in [0.29, 0.717) is 0 Å². The van der Waals surface area contributed by atoms with E-state index in [1.165, 1.54) is 5.56 Å². The minimum atomic E-state index is -3.08. The van der Waals surface area contributed by atoms with Gasteiger partial charge in [0.15, 0.2) is 0 Å². The molecule has 1 aromatic carbocycles. The Morgan fingerprint density at radius 1 is 1.46 bits per heavy atom. The van der Waals surface area contributed by atoms with E-state index in [4.69, 9.17) is 0 Å². The van der Waals surface area contributed by atoms with Gasteiger partial charge in [-0.1, -0.05) is 19.1 Å². The van der Waals surface area contributed by atoms with Crippen LogP contribution in [0.1, 0.15) is 18.1 Å². The van der Waals surface area contributed by atoms with Crippen molar-refractivity contribution < 1.29 is 8.42 Å². The van der Waals surface area contributed by atoms with Gasteiger partial charge < -0.3 is 0 Å². The molecular formula is C9H11NO2S. The van der Waals surface area contributed by atoms with Crippen LogP contribution in [0.15, 0.2) is 18.2 Å². The molecule has 0 atom stereocenters. The summed E-state index contributed by atoms with van der Waals surface area (Å²) in [5.74, 6) is 0.121. The molecule has 1 aromatic rings. The molecule has 0 radical (unpaired) electrons. The number of fused-ring (bicyclic) bond motifs is 1. The summed E-state index contributed by atoms with van der Waals surface area (Å²) < 4.78 is 24.8. The van der Waals surface area contributed by atoms with Gasteiger partial charge in [-0.2, -0.15) is 0 Å². The van der Waals surface area contributed by atoms with Gasteiger partial charge in [-0.3, -0.25) is 4.72 Å². The van der Waals surface area contributed by atoms with E-state index < -0.39 is 10.0 Å². The minimum absolute atomic E-state index is 0.121. The Kier molecular flexibility index (Phi) is 1.80. The highest BCUT2D eigenvalue weighted by molar-refractivity contribution is 7.92.